The van der Waals surface area contributed by atoms with E-state index in [1.165, 1.54) is 23.9 Å². The number of methoxy groups -OCH3 is 1. The molecular formula is C24H25FN6O3S. The first-order valence-electron chi connectivity index (χ1n) is 11.3. The van der Waals surface area contributed by atoms with Gasteiger partial charge in [0.05, 0.1) is 31.6 Å². The molecule has 1 fully saturated rings. The Morgan fingerprint density at radius 3 is 2.63 bits per heavy atom. The van der Waals surface area contributed by atoms with Crippen LogP contribution in [0.25, 0.3) is 22.8 Å². The number of ether oxygens (including phenoxy) is 2. The molecule has 0 radical (unpaired) electrons. The predicted molar refractivity (Wildman–Crippen MR) is 129 cm³/mol. The third-order valence-corrected chi connectivity index (χ3v) is 6.66. The topological polar surface area (TPSA) is 91.3 Å². The van der Waals surface area contributed by atoms with E-state index >= 15 is 0 Å². The van der Waals surface area contributed by atoms with E-state index in [1.54, 1.807) is 19.2 Å². The summed E-state index contributed by atoms with van der Waals surface area (Å²) in [5.41, 5.74) is 1.58. The zero-order valence-corrected chi connectivity index (χ0v) is 20.1. The van der Waals surface area contributed by atoms with Gasteiger partial charge in [0.2, 0.25) is 11.7 Å². The molecule has 0 amide bonds. The summed E-state index contributed by atoms with van der Waals surface area (Å²) in [6, 6.07) is 13.8. The first kappa shape index (κ1) is 23.5. The van der Waals surface area contributed by atoms with E-state index < -0.39 is 0 Å². The number of morpholine rings is 1. The predicted octanol–water partition coefficient (Wildman–Crippen LogP) is 3.77. The van der Waals surface area contributed by atoms with Crippen molar-refractivity contribution in [1.82, 2.24) is 29.8 Å². The van der Waals surface area contributed by atoms with Crippen LogP contribution in [0.15, 0.2) is 58.2 Å². The molecule has 1 aliphatic rings. The van der Waals surface area contributed by atoms with E-state index in [1.807, 2.05) is 24.3 Å². The summed E-state index contributed by atoms with van der Waals surface area (Å²) in [6.45, 7) is 4.79. The number of hydrogen-bond acceptors (Lipinski definition) is 9. The molecular weight excluding hydrogens is 471 g/mol. The van der Waals surface area contributed by atoms with Gasteiger partial charge in [-0.05, 0) is 36.4 Å². The third-order valence-electron chi connectivity index (χ3n) is 5.70. The lowest BCUT2D eigenvalue weighted by Gasteiger charge is -2.27. The number of hydrogen-bond donors (Lipinski definition) is 0. The molecule has 1 saturated heterocycles. The Labute approximate surface area is 206 Å². The van der Waals surface area contributed by atoms with Gasteiger partial charge in [-0.3, -0.25) is 4.90 Å². The Morgan fingerprint density at radius 1 is 1.03 bits per heavy atom. The molecule has 0 atom stereocenters. The van der Waals surface area contributed by atoms with Crippen molar-refractivity contribution in [2.24, 2.45) is 0 Å². The number of benzene rings is 2. The van der Waals surface area contributed by atoms with E-state index in [4.69, 9.17) is 14.0 Å². The highest BCUT2D eigenvalue weighted by Gasteiger charge is 2.19. The monoisotopic (exact) mass is 496 g/mol. The third kappa shape index (κ3) is 5.53. The zero-order chi connectivity index (χ0) is 24.0. The molecule has 11 heteroatoms. The van der Waals surface area contributed by atoms with Gasteiger partial charge >= 0.3 is 0 Å². The fourth-order valence-corrected chi connectivity index (χ4v) is 4.66. The molecule has 4 aromatic rings. The molecule has 0 bridgehead atoms. The van der Waals surface area contributed by atoms with E-state index in [0.717, 1.165) is 49.1 Å². The van der Waals surface area contributed by atoms with Crippen molar-refractivity contribution in [2.45, 2.75) is 17.5 Å². The van der Waals surface area contributed by atoms with Gasteiger partial charge in [0.25, 0.3) is 0 Å². The van der Waals surface area contributed by atoms with Crippen molar-refractivity contribution in [3.8, 4) is 28.5 Å². The number of nitrogens with zero attached hydrogens (tertiary/aromatic N) is 6. The smallest absolute Gasteiger partial charge is 0.237 e. The first-order valence-corrected chi connectivity index (χ1v) is 12.3. The van der Waals surface area contributed by atoms with Gasteiger partial charge in [-0.1, -0.05) is 29.1 Å². The number of rotatable bonds is 9. The zero-order valence-electron chi connectivity index (χ0n) is 19.3. The molecule has 3 heterocycles. The van der Waals surface area contributed by atoms with Crippen molar-refractivity contribution in [3.05, 3.63) is 60.2 Å². The summed E-state index contributed by atoms with van der Waals surface area (Å²) < 4.78 is 31.9. The Kier molecular flexibility index (Phi) is 7.36. The summed E-state index contributed by atoms with van der Waals surface area (Å²) in [4.78, 5) is 6.88. The minimum Gasteiger partial charge on any atom is -0.496 e. The molecule has 2 aromatic heterocycles. The van der Waals surface area contributed by atoms with Gasteiger partial charge in [0.15, 0.2) is 11.0 Å². The second kappa shape index (κ2) is 11.0. The van der Waals surface area contributed by atoms with Gasteiger partial charge in [0, 0.05) is 31.7 Å². The van der Waals surface area contributed by atoms with Gasteiger partial charge in [-0.25, -0.2) is 4.39 Å². The summed E-state index contributed by atoms with van der Waals surface area (Å²) in [6.07, 6.45) is 0. The highest BCUT2D eigenvalue weighted by Crippen LogP contribution is 2.30. The summed E-state index contributed by atoms with van der Waals surface area (Å²) in [5.74, 6) is 2.47. The molecule has 0 spiro atoms. The van der Waals surface area contributed by atoms with E-state index in [-0.39, 0.29) is 5.82 Å². The molecule has 0 unspecified atom stereocenters. The van der Waals surface area contributed by atoms with E-state index in [0.29, 0.717) is 35.6 Å². The van der Waals surface area contributed by atoms with E-state index in [9.17, 15) is 4.39 Å². The fraction of sp³-hybridized carbons (Fsp3) is 0.333. The lowest BCUT2D eigenvalue weighted by Crippen LogP contribution is -2.38. The maximum atomic E-state index is 13.5. The first-order chi connectivity index (χ1) is 17.2. The van der Waals surface area contributed by atoms with Crippen molar-refractivity contribution < 1.29 is 18.4 Å². The van der Waals surface area contributed by atoms with Crippen LogP contribution in [0, 0.1) is 5.82 Å². The average Bonchev–Trinajstić information content (AvgIpc) is 3.54. The molecule has 35 heavy (non-hydrogen) atoms. The number of thioether (sulfide) groups is 1. The molecule has 0 N–H and O–H groups in total. The summed E-state index contributed by atoms with van der Waals surface area (Å²) in [7, 11) is 1.61. The maximum Gasteiger partial charge on any atom is 0.237 e. The quantitative estimate of drug-likeness (QED) is 0.321. The van der Waals surface area contributed by atoms with E-state index in [2.05, 4.69) is 29.8 Å². The van der Waals surface area contributed by atoms with Crippen molar-refractivity contribution in [2.75, 3.05) is 40.0 Å². The molecule has 5 rings (SSSR count). The molecule has 1 aliphatic heterocycles. The van der Waals surface area contributed by atoms with Crippen LogP contribution in [0.3, 0.4) is 0 Å². The highest BCUT2D eigenvalue weighted by molar-refractivity contribution is 7.98. The van der Waals surface area contributed by atoms with Crippen LogP contribution in [0.2, 0.25) is 0 Å². The van der Waals surface area contributed by atoms with Crippen molar-refractivity contribution >= 4 is 11.8 Å². The van der Waals surface area contributed by atoms with Crippen LogP contribution in [0.1, 0.15) is 5.89 Å². The van der Waals surface area contributed by atoms with Crippen LogP contribution in [-0.4, -0.2) is 69.8 Å². The summed E-state index contributed by atoms with van der Waals surface area (Å²) >= 11 is 1.47. The van der Waals surface area contributed by atoms with Crippen LogP contribution in [0.4, 0.5) is 4.39 Å². The molecule has 0 saturated carbocycles. The number of para-hydroxylation sites is 1. The Morgan fingerprint density at radius 2 is 1.83 bits per heavy atom. The highest BCUT2D eigenvalue weighted by atomic mass is 32.2. The van der Waals surface area contributed by atoms with Gasteiger partial charge < -0.3 is 18.6 Å². The van der Waals surface area contributed by atoms with Crippen LogP contribution >= 0.6 is 11.8 Å². The largest absolute Gasteiger partial charge is 0.496 e. The van der Waals surface area contributed by atoms with Gasteiger partial charge in [-0.15, -0.1) is 10.2 Å². The Bertz CT molecular complexity index is 1260. The maximum absolute atomic E-state index is 13.5. The normalized spacial score (nSPS) is 14.3. The average molecular weight is 497 g/mol. The van der Waals surface area contributed by atoms with Crippen molar-refractivity contribution in [3.63, 3.8) is 0 Å². The number of aromatic nitrogens is 5. The minimum absolute atomic E-state index is 0.287. The Balaban J connectivity index is 1.34. The standard InChI is InChI=1S/C24H25FN6O3S/c1-32-20-5-3-2-4-19(20)22-26-21(34-29-22)16-35-24-28-27-23(17-6-8-18(25)9-7-17)31(24)11-10-30-12-14-33-15-13-30/h2-9H,10-16H2,1H3. The van der Waals surface area contributed by atoms with Gasteiger partial charge in [-0.2, -0.15) is 4.98 Å². The molecule has 2 aromatic carbocycles. The van der Waals surface area contributed by atoms with Crippen LogP contribution in [0.5, 0.6) is 5.75 Å². The second-order valence-electron chi connectivity index (χ2n) is 7.92. The number of halogens is 1. The fourth-order valence-electron chi connectivity index (χ4n) is 3.85. The Hall–Kier alpha value is -3.28. The van der Waals surface area contributed by atoms with Crippen LogP contribution in [-0.2, 0) is 17.0 Å². The van der Waals surface area contributed by atoms with Crippen LogP contribution < -0.4 is 4.74 Å². The molecule has 182 valence electrons. The second-order valence-corrected chi connectivity index (χ2v) is 8.86. The van der Waals surface area contributed by atoms with Crippen molar-refractivity contribution in [1.29, 1.82) is 0 Å². The van der Waals surface area contributed by atoms with Gasteiger partial charge in [0.1, 0.15) is 11.6 Å². The SMILES string of the molecule is COc1ccccc1-c1noc(CSc2nnc(-c3ccc(F)cc3)n2CCN2CCOCC2)n1. The summed E-state index contributed by atoms with van der Waals surface area (Å²) in [5, 5.41) is 13.7. The molecule has 0 aliphatic carbocycles. The lowest BCUT2D eigenvalue weighted by atomic mass is 10.2. The lowest BCUT2D eigenvalue weighted by molar-refractivity contribution is 0.0361. The molecule has 9 nitrogen and oxygen atoms in total. The minimum atomic E-state index is -0.287.